The summed E-state index contributed by atoms with van der Waals surface area (Å²) in [5.41, 5.74) is -0.179. The van der Waals surface area contributed by atoms with Gasteiger partial charge in [0, 0.05) is 18.9 Å². The van der Waals surface area contributed by atoms with E-state index in [1.54, 1.807) is 0 Å². The summed E-state index contributed by atoms with van der Waals surface area (Å²) >= 11 is 1.02. The standard InChI is InChI=1S/C19H16N4O3S/c1-9-12(7-20)17(26)23(22-15(9)10(2)24)18-13(8-21)11-5-19(3,4)6-14(25)16(11)27-18/h5-6H2,1-4H3. The summed E-state index contributed by atoms with van der Waals surface area (Å²) in [5.74, 6) is -0.476. The van der Waals surface area contributed by atoms with Gasteiger partial charge >= 0.3 is 0 Å². The molecule has 0 aromatic carbocycles. The van der Waals surface area contributed by atoms with Crippen LogP contribution in [0.2, 0.25) is 0 Å². The molecule has 7 nitrogen and oxygen atoms in total. The fraction of sp³-hybridized carbons (Fsp3) is 0.368. The minimum atomic E-state index is -0.707. The molecule has 0 bridgehead atoms. The highest BCUT2D eigenvalue weighted by molar-refractivity contribution is 7.17. The lowest BCUT2D eigenvalue weighted by Crippen LogP contribution is -2.28. The maximum absolute atomic E-state index is 12.8. The van der Waals surface area contributed by atoms with Crippen molar-refractivity contribution in [2.75, 3.05) is 0 Å². The average Bonchev–Trinajstić information content (AvgIpc) is 2.92. The van der Waals surface area contributed by atoms with E-state index < -0.39 is 11.3 Å². The highest BCUT2D eigenvalue weighted by Gasteiger charge is 2.36. The number of hydrogen-bond donors (Lipinski definition) is 0. The molecule has 0 unspecified atom stereocenters. The van der Waals surface area contributed by atoms with E-state index in [1.807, 2.05) is 19.9 Å². The largest absolute Gasteiger partial charge is 0.293 e. The Hall–Kier alpha value is -3.10. The first kappa shape index (κ1) is 18.7. The van der Waals surface area contributed by atoms with E-state index >= 15 is 0 Å². The normalized spacial score (nSPS) is 15.0. The second-order valence-corrected chi connectivity index (χ2v) is 8.38. The Labute approximate surface area is 159 Å². The number of carbonyl (C=O) groups is 2. The van der Waals surface area contributed by atoms with E-state index in [0.29, 0.717) is 23.3 Å². The number of nitriles is 2. The first-order valence-electron chi connectivity index (χ1n) is 8.25. The third-order valence-electron chi connectivity index (χ3n) is 4.62. The first-order chi connectivity index (χ1) is 12.6. The van der Waals surface area contributed by atoms with Gasteiger partial charge in [0.15, 0.2) is 11.6 Å². The van der Waals surface area contributed by atoms with E-state index in [9.17, 15) is 24.9 Å². The van der Waals surface area contributed by atoms with Gasteiger partial charge in [-0.1, -0.05) is 13.8 Å². The summed E-state index contributed by atoms with van der Waals surface area (Å²) in [6, 6.07) is 3.90. The number of rotatable bonds is 2. The van der Waals surface area contributed by atoms with Crippen LogP contribution in [-0.4, -0.2) is 21.3 Å². The lowest BCUT2D eigenvalue weighted by molar-refractivity contribution is 0.0916. The van der Waals surface area contributed by atoms with Gasteiger partial charge < -0.3 is 0 Å². The highest BCUT2D eigenvalue weighted by Crippen LogP contribution is 2.42. The fourth-order valence-corrected chi connectivity index (χ4v) is 4.53. The smallest absolute Gasteiger partial charge is 0.290 e. The molecule has 2 aromatic rings. The zero-order valence-corrected chi connectivity index (χ0v) is 16.2. The van der Waals surface area contributed by atoms with Crippen molar-refractivity contribution in [2.24, 2.45) is 5.41 Å². The molecule has 0 saturated carbocycles. The SMILES string of the molecule is CC(=O)c1nn(-c2sc3c(c2C#N)CC(C)(C)CC3=O)c(=O)c(C#N)c1C. The van der Waals surface area contributed by atoms with Gasteiger partial charge in [-0.2, -0.15) is 20.3 Å². The molecule has 0 atom stereocenters. The van der Waals surface area contributed by atoms with Crippen LogP contribution in [0, 0.1) is 35.0 Å². The highest BCUT2D eigenvalue weighted by atomic mass is 32.1. The maximum Gasteiger partial charge on any atom is 0.290 e. The molecule has 3 rings (SSSR count). The summed E-state index contributed by atoms with van der Waals surface area (Å²) in [7, 11) is 0. The van der Waals surface area contributed by atoms with Gasteiger partial charge in [0.1, 0.15) is 28.4 Å². The summed E-state index contributed by atoms with van der Waals surface area (Å²) in [5, 5.41) is 23.4. The van der Waals surface area contributed by atoms with Crippen molar-refractivity contribution in [3.8, 4) is 17.1 Å². The molecule has 1 aliphatic rings. The van der Waals surface area contributed by atoms with Gasteiger partial charge in [0.25, 0.3) is 5.56 Å². The predicted molar refractivity (Wildman–Crippen MR) is 98.3 cm³/mol. The predicted octanol–water partition coefficient (Wildman–Crippen LogP) is 2.70. The summed E-state index contributed by atoms with van der Waals surface area (Å²) in [4.78, 5) is 37.7. The molecule has 2 heterocycles. The molecular formula is C19H16N4O3S. The van der Waals surface area contributed by atoms with Crippen molar-refractivity contribution < 1.29 is 9.59 Å². The van der Waals surface area contributed by atoms with E-state index in [0.717, 1.165) is 16.0 Å². The lowest BCUT2D eigenvalue weighted by atomic mass is 9.75. The molecule has 0 aliphatic heterocycles. The number of nitrogens with zero attached hydrogens (tertiary/aromatic N) is 4. The molecule has 0 radical (unpaired) electrons. The second kappa shape index (κ2) is 6.26. The zero-order valence-electron chi connectivity index (χ0n) is 15.3. The Bertz CT molecular complexity index is 1160. The molecule has 8 heteroatoms. The number of thiophene rings is 1. The number of fused-ring (bicyclic) bond motifs is 1. The minimum Gasteiger partial charge on any atom is -0.293 e. The van der Waals surface area contributed by atoms with Crippen molar-refractivity contribution in [1.82, 2.24) is 9.78 Å². The van der Waals surface area contributed by atoms with Crippen LogP contribution in [0.4, 0.5) is 0 Å². The first-order valence-corrected chi connectivity index (χ1v) is 9.07. The third kappa shape index (κ3) is 2.88. The van der Waals surface area contributed by atoms with Gasteiger partial charge in [-0.15, -0.1) is 11.3 Å². The zero-order chi connectivity index (χ0) is 20.1. The molecule has 2 aromatic heterocycles. The van der Waals surface area contributed by atoms with Gasteiger partial charge in [-0.25, -0.2) is 0 Å². The van der Waals surface area contributed by atoms with Crippen LogP contribution in [0.25, 0.3) is 5.00 Å². The van der Waals surface area contributed by atoms with Crippen LogP contribution in [0.5, 0.6) is 0 Å². The topological polar surface area (TPSA) is 117 Å². The number of ketones is 2. The van der Waals surface area contributed by atoms with Crippen LogP contribution in [0.1, 0.15) is 69.6 Å². The molecule has 0 amide bonds. The van der Waals surface area contributed by atoms with Crippen molar-refractivity contribution in [2.45, 2.75) is 40.5 Å². The van der Waals surface area contributed by atoms with Crippen LogP contribution < -0.4 is 5.56 Å². The lowest BCUT2D eigenvalue weighted by Gasteiger charge is -2.28. The van der Waals surface area contributed by atoms with Crippen LogP contribution in [0.15, 0.2) is 4.79 Å². The van der Waals surface area contributed by atoms with Crippen molar-refractivity contribution in [1.29, 1.82) is 10.5 Å². The minimum absolute atomic E-state index is 0.00642. The van der Waals surface area contributed by atoms with E-state index in [4.69, 9.17) is 0 Å². The molecule has 1 aliphatic carbocycles. The van der Waals surface area contributed by atoms with Crippen molar-refractivity contribution >= 4 is 22.9 Å². The molecular weight excluding hydrogens is 364 g/mol. The number of carbonyl (C=O) groups excluding carboxylic acids is 2. The fourth-order valence-electron chi connectivity index (χ4n) is 3.38. The summed E-state index contributed by atoms with van der Waals surface area (Å²) < 4.78 is 0.921. The molecule has 0 saturated heterocycles. The van der Waals surface area contributed by atoms with E-state index in [-0.39, 0.29) is 38.6 Å². The number of aromatic nitrogens is 2. The maximum atomic E-state index is 12.8. The molecule has 136 valence electrons. The number of Topliss-reactive ketones (excluding diaryl/α,β-unsaturated/α-hetero) is 2. The Morgan fingerprint density at radius 1 is 1.19 bits per heavy atom. The van der Waals surface area contributed by atoms with Gasteiger partial charge in [-0.3, -0.25) is 14.4 Å². The van der Waals surface area contributed by atoms with Gasteiger partial charge in [0.05, 0.1) is 10.4 Å². The van der Waals surface area contributed by atoms with Crippen LogP contribution in [-0.2, 0) is 6.42 Å². The van der Waals surface area contributed by atoms with Crippen molar-refractivity contribution in [3.63, 3.8) is 0 Å². The Morgan fingerprint density at radius 2 is 1.81 bits per heavy atom. The molecule has 0 N–H and O–H groups in total. The Kier molecular flexibility index (Phi) is 4.33. The third-order valence-corrected chi connectivity index (χ3v) is 5.87. The van der Waals surface area contributed by atoms with Gasteiger partial charge in [0.2, 0.25) is 0 Å². The van der Waals surface area contributed by atoms with Gasteiger partial charge in [-0.05, 0) is 24.3 Å². The quantitative estimate of drug-likeness (QED) is 0.740. The summed E-state index contributed by atoms with van der Waals surface area (Å²) in [6.07, 6.45) is 0.877. The molecule has 0 spiro atoms. The average molecular weight is 380 g/mol. The van der Waals surface area contributed by atoms with Crippen LogP contribution >= 0.6 is 11.3 Å². The molecule has 27 heavy (non-hydrogen) atoms. The monoisotopic (exact) mass is 380 g/mol. The van der Waals surface area contributed by atoms with E-state index in [2.05, 4.69) is 11.2 Å². The summed E-state index contributed by atoms with van der Waals surface area (Å²) in [6.45, 7) is 6.68. The van der Waals surface area contributed by atoms with Crippen LogP contribution in [0.3, 0.4) is 0 Å². The Morgan fingerprint density at radius 3 is 2.37 bits per heavy atom. The Balaban J connectivity index is 2.38. The molecule has 0 fully saturated rings. The van der Waals surface area contributed by atoms with E-state index in [1.165, 1.54) is 13.8 Å². The second-order valence-electron chi connectivity index (χ2n) is 7.38. The number of hydrogen-bond acceptors (Lipinski definition) is 7. The van der Waals surface area contributed by atoms with Crippen molar-refractivity contribution in [3.05, 3.63) is 43.2 Å².